The molecule has 5 heteroatoms. The van der Waals surface area contributed by atoms with Crippen molar-refractivity contribution in [1.29, 1.82) is 0 Å². The maximum absolute atomic E-state index is 13.3. The molecule has 1 atom stereocenters. The maximum Gasteiger partial charge on any atom is 0.247 e. The smallest absolute Gasteiger partial charge is 0.247 e. The number of nitrogens with zero attached hydrogens (tertiary/aromatic N) is 1. The van der Waals surface area contributed by atoms with E-state index < -0.39 is 6.04 Å². The molecule has 0 aromatic heterocycles. The van der Waals surface area contributed by atoms with Crippen LogP contribution >= 0.6 is 0 Å². The molecule has 0 saturated carbocycles. The minimum atomic E-state index is -0.738. The molecule has 0 fully saturated rings. The molecule has 0 saturated heterocycles. The average molecular weight is 384 g/mol. The van der Waals surface area contributed by atoms with Crippen LogP contribution in [0.5, 0.6) is 0 Å². The molecule has 0 spiro atoms. The molecule has 150 valence electrons. The van der Waals surface area contributed by atoms with Gasteiger partial charge in [-0.1, -0.05) is 69.7 Å². The van der Waals surface area contributed by atoms with Crippen LogP contribution < -0.4 is 5.32 Å². The monoisotopic (exact) mass is 384 g/mol. The maximum atomic E-state index is 13.3. The van der Waals surface area contributed by atoms with E-state index in [2.05, 4.69) is 12.2 Å². The molecule has 4 nitrogen and oxygen atoms in total. The second-order valence-corrected chi connectivity index (χ2v) is 7.21. The first-order valence-electron chi connectivity index (χ1n) is 9.81. The van der Waals surface area contributed by atoms with Gasteiger partial charge in [0.2, 0.25) is 11.8 Å². The van der Waals surface area contributed by atoms with Gasteiger partial charge < -0.3 is 10.2 Å². The molecule has 0 aliphatic heterocycles. The van der Waals surface area contributed by atoms with Gasteiger partial charge in [-0.2, -0.15) is 0 Å². The molecule has 2 aromatic rings. The van der Waals surface area contributed by atoms with Gasteiger partial charge in [0.05, 0.1) is 0 Å². The Balaban J connectivity index is 2.39. The zero-order valence-corrected chi connectivity index (χ0v) is 16.8. The Hall–Kier alpha value is -2.69. The third-order valence-electron chi connectivity index (χ3n) is 4.55. The van der Waals surface area contributed by atoms with E-state index in [4.69, 9.17) is 0 Å². The van der Waals surface area contributed by atoms with E-state index in [1.807, 2.05) is 44.2 Å². The Morgan fingerprint density at radius 2 is 1.68 bits per heavy atom. The number of nitrogens with one attached hydrogen (secondary N) is 1. The van der Waals surface area contributed by atoms with Crippen molar-refractivity contribution in [2.45, 2.75) is 46.2 Å². The minimum Gasteiger partial charge on any atom is -0.354 e. The highest BCUT2D eigenvalue weighted by molar-refractivity contribution is 5.89. The number of amides is 2. The van der Waals surface area contributed by atoms with Crippen LogP contribution in [0.4, 0.5) is 4.39 Å². The van der Waals surface area contributed by atoms with Gasteiger partial charge in [0.15, 0.2) is 0 Å². The van der Waals surface area contributed by atoms with E-state index in [0.29, 0.717) is 6.54 Å². The summed E-state index contributed by atoms with van der Waals surface area (Å²) >= 11 is 0. The van der Waals surface area contributed by atoms with Crippen molar-refractivity contribution in [2.75, 3.05) is 6.54 Å². The highest BCUT2D eigenvalue weighted by Gasteiger charge is 2.32. The van der Waals surface area contributed by atoms with Gasteiger partial charge in [0, 0.05) is 19.0 Å². The van der Waals surface area contributed by atoms with Gasteiger partial charge in [-0.25, -0.2) is 4.39 Å². The summed E-state index contributed by atoms with van der Waals surface area (Å²) in [5, 5.41) is 2.96. The molecule has 0 bridgehead atoms. The van der Waals surface area contributed by atoms with Crippen molar-refractivity contribution < 1.29 is 14.0 Å². The van der Waals surface area contributed by atoms with E-state index in [1.54, 1.807) is 17.0 Å². The lowest BCUT2D eigenvalue weighted by atomic mass is 10.0. The van der Waals surface area contributed by atoms with Gasteiger partial charge in [-0.15, -0.1) is 0 Å². The number of hydrogen-bond donors (Lipinski definition) is 1. The van der Waals surface area contributed by atoms with E-state index >= 15 is 0 Å². The molecule has 0 heterocycles. The Kier molecular flexibility index (Phi) is 8.18. The van der Waals surface area contributed by atoms with Crippen molar-refractivity contribution in [3.05, 3.63) is 71.5 Å². The van der Waals surface area contributed by atoms with Crippen molar-refractivity contribution >= 4 is 11.8 Å². The third-order valence-corrected chi connectivity index (χ3v) is 4.55. The fourth-order valence-electron chi connectivity index (χ4n) is 3.01. The summed E-state index contributed by atoms with van der Waals surface area (Å²) in [6, 6.07) is 14.6. The third kappa shape index (κ3) is 5.91. The van der Waals surface area contributed by atoms with Crippen LogP contribution in [0.1, 0.15) is 50.8 Å². The summed E-state index contributed by atoms with van der Waals surface area (Å²) in [5.41, 5.74) is 1.53. The fourth-order valence-corrected chi connectivity index (χ4v) is 3.01. The molecule has 0 unspecified atom stereocenters. The molecule has 0 aliphatic carbocycles. The quantitative estimate of drug-likeness (QED) is 0.649. The number of benzene rings is 2. The first-order valence-corrected chi connectivity index (χ1v) is 9.81. The molecule has 1 N–H and O–H groups in total. The molecule has 0 radical (unpaired) electrons. The van der Waals surface area contributed by atoms with Gasteiger partial charge in [0.1, 0.15) is 11.9 Å². The van der Waals surface area contributed by atoms with Crippen LogP contribution in [0, 0.1) is 11.7 Å². The average Bonchev–Trinajstić information content (AvgIpc) is 2.69. The van der Waals surface area contributed by atoms with Crippen molar-refractivity contribution in [3.63, 3.8) is 0 Å². The number of hydrogen-bond acceptors (Lipinski definition) is 2. The summed E-state index contributed by atoms with van der Waals surface area (Å²) in [7, 11) is 0. The van der Waals surface area contributed by atoms with Crippen LogP contribution in [-0.2, 0) is 16.1 Å². The zero-order chi connectivity index (χ0) is 20.5. The van der Waals surface area contributed by atoms with E-state index in [-0.39, 0.29) is 30.1 Å². The van der Waals surface area contributed by atoms with E-state index in [0.717, 1.165) is 24.0 Å². The number of carbonyl (C=O) groups is 2. The number of carbonyl (C=O) groups excluding carboxylic acids is 2. The summed E-state index contributed by atoms with van der Waals surface area (Å²) in [6.07, 6.45) is 1.85. The molecular formula is C23H29FN2O2. The number of halogens is 1. The zero-order valence-electron chi connectivity index (χ0n) is 16.8. The van der Waals surface area contributed by atoms with Crippen molar-refractivity contribution in [1.82, 2.24) is 10.2 Å². The van der Waals surface area contributed by atoms with Crippen molar-refractivity contribution in [3.8, 4) is 0 Å². The van der Waals surface area contributed by atoms with Crippen molar-refractivity contribution in [2.24, 2.45) is 5.92 Å². The van der Waals surface area contributed by atoms with E-state index in [9.17, 15) is 14.0 Å². The van der Waals surface area contributed by atoms with E-state index in [1.165, 1.54) is 12.1 Å². The SMILES string of the molecule is CCCCNC(=O)[C@H](c1ccccc1)N(Cc1ccc(F)cc1)C(=O)C(C)C. The van der Waals surface area contributed by atoms with Crippen LogP contribution in [0.3, 0.4) is 0 Å². The Labute approximate surface area is 166 Å². The Morgan fingerprint density at radius 1 is 1.04 bits per heavy atom. The van der Waals surface area contributed by atoms with Crippen LogP contribution in [0.15, 0.2) is 54.6 Å². The normalized spacial score (nSPS) is 11.9. The fraction of sp³-hybridized carbons (Fsp3) is 0.391. The van der Waals surface area contributed by atoms with Gasteiger partial charge >= 0.3 is 0 Å². The summed E-state index contributed by atoms with van der Waals surface area (Å²) in [5.74, 6) is -0.919. The highest BCUT2D eigenvalue weighted by Crippen LogP contribution is 2.25. The lowest BCUT2D eigenvalue weighted by Gasteiger charge is -2.33. The highest BCUT2D eigenvalue weighted by atomic mass is 19.1. The Morgan fingerprint density at radius 3 is 2.25 bits per heavy atom. The van der Waals surface area contributed by atoms with Crippen LogP contribution in [0.25, 0.3) is 0 Å². The van der Waals surface area contributed by atoms with Crippen LogP contribution in [-0.4, -0.2) is 23.3 Å². The minimum absolute atomic E-state index is 0.121. The molecule has 28 heavy (non-hydrogen) atoms. The van der Waals surface area contributed by atoms with Gasteiger partial charge in [-0.05, 0) is 29.7 Å². The summed E-state index contributed by atoms with van der Waals surface area (Å²) in [4.78, 5) is 27.7. The predicted molar refractivity (Wildman–Crippen MR) is 109 cm³/mol. The number of rotatable bonds is 9. The first-order chi connectivity index (χ1) is 13.4. The largest absolute Gasteiger partial charge is 0.354 e. The van der Waals surface area contributed by atoms with Gasteiger partial charge in [-0.3, -0.25) is 9.59 Å². The lowest BCUT2D eigenvalue weighted by Crippen LogP contribution is -2.45. The second-order valence-electron chi connectivity index (χ2n) is 7.21. The first kappa shape index (κ1) is 21.6. The molecule has 2 amide bonds. The topological polar surface area (TPSA) is 49.4 Å². The summed E-state index contributed by atoms with van der Waals surface area (Å²) < 4.78 is 13.3. The molecule has 2 aromatic carbocycles. The molecular weight excluding hydrogens is 355 g/mol. The standard InChI is InChI=1S/C23H29FN2O2/c1-4-5-15-25-22(27)21(19-9-7-6-8-10-19)26(23(28)17(2)3)16-18-11-13-20(24)14-12-18/h6-14,17,21H,4-5,15-16H2,1-3H3,(H,25,27)/t21-/m0/s1. The molecule has 0 aliphatic rings. The summed E-state index contributed by atoms with van der Waals surface area (Å²) in [6.45, 7) is 6.50. The second kappa shape index (κ2) is 10.6. The number of unbranched alkanes of at least 4 members (excludes halogenated alkanes) is 1. The van der Waals surface area contributed by atoms with Crippen LogP contribution in [0.2, 0.25) is 0 Å². The lowest BCUT2D eigenvalue weighted by molar-refractivity contribution is -0.144. The van der Waals surface area contributed by atoms with Gasteiger partial charge in [0.25, 0.3) is 0 Å². The predicted octanol–water partition coefficient (Wildman–Crippen LogP) is 4.47. The molecule has 2 rings (SSSR count). The Bertz CT molecular complexity index is 760.